The zero-order chi connectivity index (χ0) is 15.2. The van der Waals surface area contributed by atoms with Crippen LogP contribution in [0.5, 0.6) is 0 Å². The minimum absolute atomic E-state index is 0.129. The molecule has 1 heterocycles. The molecule has 0 aliphatic carbocycles. The van der Waals surface area contributed by atoms with Crippen molar-refractivity contribution in [3.05, 3.63) is 30.1 Å². The van der Waals surface area contributed by atoms with Gasteiger partial charge in [0, 0.05) is 31.9 Å². The molecule has 1 aliphatic heterocycles. The molecule has 0 spiro atoms. The molecule has 0 aromatic heterocycles. The van der Waals surface area contributed by atoms with Gasteiger partial charge in [0.25, 0.3) is 0 Å². The minimum atomic E-state index is -0.217. The number of piperazine rings is 1. The highest BCUT2D eigenvalue weighted by Gasteiger charge is 2.28. The molecule has 0 radical (unpaired) electrons. The first kappa shape index (κ1) is 15.8. The lowest BCUT2D eigenvalue weighted by Crippen LogP contribution is -2.53. The van der Waals surface area contributed by atoms with E-state index < -0.39 is 0 Å². The molecule has 21 heavy (non-hydrogen) atoms. The summed E-state index contributed by atoms with van der Waals surface area (Å²) in [7, 11) is 0. The summed E-state index contributed by atoms with van der Waals surface area (Å²) in [5, 5.41) is 0. The van der Waals surface area contributed by atoms with Crippen LogP contribution in [0.2, 0.25) is 0 Å². The van der Waals surface area contributed by atoms with Gasteiger partial charge in [0.2, 0.25) is 0 Å². The number of esters is 1. The summed E-state index contributed by atoms with van der Waals surface area (Å²) in [6.45, 7) is 7.56. The molecule has 1 aromatic rings. The van der Waals surface area contributed by atoms with E-state index in [4.69, 9.17) is 4.74 Å². The van der Waals surface area contributed by atoms with Gasteiger partial charge in [-0.15, -0.1) is 0 Å². The lowest BCUT2D eigenvalue weighted by molar-refractivity contribution is -0.149. The number of anilines is 1. The monoisotopic (exact) mass is 294 g/mol. The van der Waals surface area contributed by atoms with Gasteiger partial charge in [-0.25, -0.2) is 4.39 Å². The molecule has 1 unspecified atom stereocenters. The second kappa shape index (κ2) is 7.41. The maximum absolute atomic E-state index is 13.0. The lowest BCUT2D eigenvalue weighted by atomic mass is 10.1. The third-order valence-corrected chi connectivity index (χ3v) is 3.89. The number of hydrogen-bond acceptors (Lipinski definition) is 4. The molecule has 1 atom stereocenters. The highest BCUT2D eigenvalue weighted by atomic mass is 19.1. The summed E-state index contributed by atoms with van der Waals surface area (Å²) in [5.41, 5.74) is 1.03. The van der Waals surface area contributed by atoms with Crippen LogP contribution in [0.25, 0.3) is 0 Å². The van der Waals surface area contributed by atoms with Crippen LogP contribution in [-0.4, -0.2) is 49.7 Å². The molecule has 1 aromatic carbocycles. The van der Waals surface area contributed by atoms with Gasteiger partial charge >= 0.3 is 5.97 Å². The molecule has 4 nitrogen and oxygen atoms in total. The SMILES string of the molecule is CCOC(=O)C(CC)N1CCN(c2ccc(F)cc2)CC1. The largest absolute Gasteiger partial charge is 0.465 e. The summed E-state index contributed by atoms with van der Waals surface area (Å²) in [6, 6.07) is 6.41. The van der Waals surface area contributed by atoms with Crippen molar-refractivity contribution in [1.29, 1.82) is 0 Å². The molecule has 116 valence electrons. The van der Waals surface area contributed by atoms with Crippen molar-refractivity contribution < 1.29 is 13.9 Å². The number of hydrogen-bond donors (Lipinski definition) is 0. The van der Waals surface area contributed by atoms with E-state index in [1.807, 2.05) is 13.8 Å². The van der Waals surface area contributed by atoms with Gasteiger partial charge in [-0.2, -0.15) is 0 Å². The Kier molecular flexibility index (Phi) is 5.56. The highest BCUT2D eigenvalue weighted by Crippen LogP contribution is 2.18. The second-order valence-electron chi connectivity index (χ2n) is 5.18. The van der Waals surface area contributed by atoms with Gasteiger partial charge < -0.3 is 9.64 Å². The first-order chi connectivity index (χ1) is 10.2. The molecule has 1 aliphatic rings. The number of carbonyl (C=O) groups is 1. The standard InChI is InChI=1S/C16H23FN2O2/c1-3-15(16(20)21-4-2)19-11-9-18(10-12-19)14-7-5-13(17)6-8-14/h5-8,15H,3-4,9-12H2,1-2H3. The fourth-order valence-electron chi connectivity index (χ4n) is 2.76. The van der Waals surface area contributed by atoms with E-state index in [0.29, 0.717) is 6.61 Å². The number of rotatable bonds is 5. The molecule has 0 bridgehead atoms. The molecule has 1 saturated heterocycles. The van der Waals surface area contributed by atoms with Crippen molar-refractivity contribution in [3.8, 4) is 0 Å². The van der Waals surface area contributed by atoms with Crippen LogP contribution in [0.15, 0.2) is 24.3 Å². The zero-order valence-electron chi connectivity index (χ0n) is 12.7. The normalized spacial score (nSPS) is 17.6. The van der Waals surface area contributed by atoms with E-state index >= 15 is 0 Å². The first-order valence-electron chi connectivity index (χ1n) is 7.57. The van der Waals surface area contributed by atoms with E-state index in [1.165, 1.54) is 12.1 Å². The molecule has 0 N–H and O–H groups in total. The summed E-state index contributed by atoms with van der Waals surface area (Å²) in [5.74, 6) is -0.346. The molecule has 5 heteroatoms. The summed E-state index contributed by atoms with van der Waals surface area (Å²) >= 11 is 0. The van der Waals surface area contributed by atoms with E-state index in [-0.39, 0.29) is 17.8 Å². The van der Waals surface area contributed by atoms with Crippen molar-refractivity contribution in [3.63, 3.8) is 0 Å². The smallest absolute Gasteiger partial charge is 0.323 e. The number of halogens is 1. The Morgan fingerprint density at radius 3 is 2.33 bits per heavy atom. The maximum Gasteiger partial charge on any atom is 0.323 e. The molecule has 1 fully saturated rings. The Labute approximate surface area is 125 Å². The second-order valence-corrected chi connectivity index (χ2v) is 5.18. The van der Waals surface area contributed by atoms with Crippen molar-refractivity contribution >= 4 is 11.7 Å². The Balaban J connectivity index is 1.92. The van der Waals surface area contributed by atoms with Gasteiger partial charge in [-0.1, -0.05) is 6.92 Å². The van der Waals surface area contributed by atoms with Gasteiger partial charge in [0.05, 0.1) is 6.61 Å². The Morgan fingerprint density at radius 2 is 1.81 bits per heavy atom. The van der Waals surface area contributed by atoms with E-state index in [0.717, 1.165) is 38.3 Å². The lowest BCUT2D eigenvalue weighted by Gasteiger charge is -2.39. The van der Waals surface area contributed by atoms with Crippen molar-refractivity contribution in [2.45, 2.75) is 26.3 Å². The summed E-state index contributed by atoms with van der Waals surface area (Å²) in [6.07, 6.45) is 0.759. The van der Waals surface area contributed by atoms with Crippen LogP contribution in [0.1, 0.15) is 20.3 Å². The average Bonchev–Trinajstić information content (AvgIpc) is 2.50. The van der Waals surface area contributed by atoms with E-state index in [9.17, 15) is 9.18 Å². The van der Waals surface area contributed by atoms with Gasteiger partial charge in [-0.05, 0) is 37.6 Å². The maximum atomic E-state index is 13.0. The number of carbonyl (C=O) groups excluding carboxylic acids is 1. The Hall–Kier alpha value is -1.62. The number of nitrogens with zero attached hydrogens (tertiary/aromatic N) is 2. The van der Waals surface area contributed by atoms with Crippen LogP contribution in [0, 0.1) is 5.82 Å². The van der Waals surface area contributed by atoms with Crippen LogP contribution >= 0.6 is 0 Å². The van der Waals surface area contributed by atoms with Crippen molar-refractivity contribution in [2.24, 2.45) is 0 Å². The molecular weight excluding hydrogens is 271 g/mol. The highest BCUT2D eigenvalue weighted by molar-refractivity contribution is 5.75. The third kappa shape index (κ3) is 3.94. The number of ether oxygens (including phenoxy) is 1. The van der Waals surface area contributed by atoms with Crippen LogP contribution < -0.4 is 4.90 Å². The average molecular weight is 294 g/mol. The predicted molar refractivity (Wildman–Crippen MR) is 80.9 cm³/mol. The first-order valence-corrected chi connectivity index (χ1v) is 7.57. The molecule has 0 amide bonds. The van der Waals surface area contributed by atoms with E-state index in [1.54, 1.807) is 12.1 Å². The third-order valence-electron chi connectivity index (χ3n) is 3.89. The van der Waals surface area contributed by atoms with Crippen LogP contribution in [0.3, 0.4) is 0 Å². The van der Waals surface area contributed by atoms with Gasteiger partial charge in [0.15, 0.2) is 0 Å². The zero-order valence-corrected chi connectivity index (χ0v) is 12.7. The van der Waals surface area contributed by atoms with E-state index in [2.05, 4.69) is 9.80 Å². The summed E-state index contributed by atoms with van der Waals surface area (Å²) in [4.78, 5) is 16.3. The minimum Gasteiger partial charge on any atom is -0.465 e. The summed E-state index contributed by atoms with van der Waals surface area (Å²) < 4.78 is 18.1. The Bertz CT molecular complexity index is 456. The molecule has 0 saturated carbocycles. The van der Waals surface area contributed by atoms with Crippen LogP contribution in [0.4, 0.5) is 10.1 Å². The Morgan fingerprint density at radius 1 is 1.19 bits per heavy atom. The van der Waals surface area contributed by atoms with Crippen LogP contribution in [-0.2, 0) is 9.53 Å². The fraction of sp³-hybridized carbons (Fsp3) is 0.562. The quantitative estimate of drug-likeness (QED) is 0.780. The predicted octanol–water partition coefficient (Wildman–Crippen LogP) is 2.29. The molecule has 2 rings (SSSR count). The topological polar surface area (TPSA) is 32.8 Å². The van der Waals surface area contributed by atoms with Crippen molar-refractivity contribution in [2.75, 3.05) is 37.7 Å². The molecular formula is C16H23FN2O2. The van der Waals surface area contributed by atoms with Gasteiger partial charge in [0.1, 0.15) is 11.9 Å². The number of benzene rings is 1. The van der Waals surface area contributed by atoms with Crippen molar-refractivity contribution in [1.82, 2.24) is 4.90 Å². The fourth-order valence-corrected chi connectivity index (χ4v) is 2.76. The van der Waals surface area contributed by atoms with Gasteiger partial charge in [-0.3, -0.25) is 9.69 Å².